The van der Waals surface area contributed by atoms with Gasteiger partial charge in [-0.1, -0.05) is 6.07 Å². The topological polar surface area (TPSA) is 79.5 Å². The summed E-state index contributed by atoms with van der Waals surface area (Å²) in [7, 11) is 0. The Morgan fingerprint density at radius 2 is 2.10 bits per heavy atom. The van der Waals surface area contributed by atoms with Crippen LogP contribution in [-0.4, -0.2) is 17.0 Å². The number of carbonyl (C=O) groups excluding carboxylic acids is 1. The van der Waals surface area contributed by atoms with Crippen LogP contribution < -0.4 is 5.32 Å². The molecule has 0 bridgehead atoms. The Morgan fingerprint density at radius 3 is 2.71 bits per heavy atom. The first kappa shape index (κ1) is 14.9. The molecule has 0 saturated carbocycles. The minimum atomic E-state index is -1.03. The van der Waals surface area contributed by atoms with Crippen molar-refractivity contribution in [1.29, 1.82) is 0 Å². The van der Waals surface area contributed by atoms with E-state index < -0.39 is 11.9 Å². The second-order valence-corrected chi connectivity index (χ2v) is 4.71. The third-order valence-electron chi connectivity index (χ3n) is 2.64. The van der Waals surface area contributed by atoms with Gasteiger partial charge in [0.15, 0.2) is 0 Å². The fraction of sp³-hybridized carbons (Fsp3) is 0.0667. The van der Waals surface area contributed by atoms with Crippen molar-refractivity contribution in [3.63, 3.8) is 0 Å². The molecule has 0 unspecified atom stereocenters. The summed E-state index contributed by atoms with van der Waals surface area (Å²) in [5, 5.41) is 11.3. The molecule has 2 N–H and O–H groups in total. The molecule has 1 aromatic heterocycles. The van der Waals surface area contributed by atoms with Gasteiger partial charge in [0.1, 0.15) is 0 Å². The summed E-state index contributed by atoms with van der Waals surface area (Å²) in [4.78, 5) is 22.5. The van der Waals surface area contributed by atoms with E-state index in [2.05, 4.69) is 5.32 Å². The molecule has 1 heterocycles. The number of carbonyl (C=O) groups is 2. The number of carboxylic acids is 1. The number of hydrogen-bond acceptors (Lipinski definition) is 3. The van der Waals surface area contributed by atoms with Crippen molar-refractivity contribution in [1.82, 2.24) is 0 Å². The molecule has 0 atom stereocenters. The molecule has 5 nitrogen and oxygen atoms in total. The minimum absolute atomic E-state index is 0.0196. The molecule has 1 amide bonds. The zero-order chi connectivity index (χ0) is 15.4. The summed E-state index contributed by atoms with van der Waals surface area (Å²) in [6.45, 7) is 1.85. The van der Waals surface area contributed by atoms with E-state index in [-0.39, 0.29) is 10.8 Å². The lowest BCUT2D eigenvalue weighted by molar-refractivity contribution is -0.131. The molecule has 0 spiro atoms. The fourth-order valence-corrected chi connectivity index (χ4v) is 2.00. The Morgan fingerprint density at radius 1 is 1.33 bits per heavy atom. The van der Waals surface area contributed by atoms with Crippen LogP contribution in [0.2, 0.25) is 5.22 Å². The van der Waals surface area contributed by atoms with E-state index in [1.165, 1.54) is 18.4 Å². The van der Waals surface area contributed by atoms with E-state index in [4.69, 9.17) is 21.1 Å². The van der Waals surface area contributed by atoms with Gasteiger partial charge in [0.05, 0.1) is 11.8 Å². The number of rotatable bonds is 4. The third kappa shape index (κ3) is 3.97. The van der Waals surface area contributed by atoms with E-state index >= 15 is 0 Å². The number of aryl methyl sites for hydroxylation is 1. The van der Waals surface area contributed by atoms with E-state index in [9.17, 15) is 9.59 Å². The van der Waals surface area contributed by atoms with Gasteiger partial charge in [0.2, 0.25) is 5.22 Å². The average molecular weight is 306 g/mol. The molecule has 0 aliphatic heterocycles. The van der Waals surface area contributed by atoms with Gasteiger partial charge >= 0.3 is 5.97 Å². The summed E-state index contributed by atoms with van der Waals surface area (Å²) in [5.41, 5.74) is 2.34. The average Bonchev–Trinajstić information content (AvgIpc) is 2.82. The smallest absolute Gasteiger partial charge is 0.328 e. The Kier molecular flexibility index (Phi) is 4.45. The van der Waals surface area contributed by atoms with Crippen LogP contribution in [0.3, 0.4) is 0 Å². The summed E-state index contributed by atoms with van der Waals surface area (Å²) >= 11 is 5.74. The predicted molar refractivity (Wildman–Crippen MR) is 79.5 cm³/mol. The zero-order valence-electron chi connectivity index (χ0n) is 11.1. The molecule has 0 saturated heterocycles. The highest BCUT2D eigenvalue weighted by atomic mass is 35.5. The molecular weight excluding hydrogens is 294 g/mol. The highest BCUT2D eigenvalue weighted by Crippen LogP contribution is 2.20. The highest BCUT2D eigenvalue weighted by Gasteiger charge is 2.13. The van der Waals surface area contributed by atoms with Gasteiger partial charge in [0.25, 0.3) is 5.91 Å². The molecule has 0 fully saturated rings. The lowest BCUT2D eigenvalue weighted by Crippen LogP contribution is -2.11. The summed E-state index contributed by atoms with van der Waals surface area (Å²) in [6.07, 6.45) is 3.82. The van der Waals surface area contributed by atoms with Crippen molar-refractivity contribution in [3.05, 3.63) is 58.5 Å². The Hall–Kier alpha value is -2.53. The Balaban J connectivity index is 2.22. The Labute approximate surface area is 125 Å². The standard InChI is InChI=1S/C15H12ClNO4/c1-9-6-10(2-3-13(18)19)8-11(7-9)17-15(20)12-4-5-21-14(12)16/h2-8H,1H3,(H,17,20)(H,18,19)/b3-2+. The number of halogens is 1. The normalized spacial score (nSPS) is 10.8. The quantitative estimate of drug-likeness (QED) is 0.846. The molecule has 0 radical (unpaired) electrons. The van der Waals surface area contributed by atoms with E-state index in [0.717, 1.165) is 11.6 Å². The molecule has 0 aliphatic carbocycles. The maximum absolute atomic E-state index is 12.0. The van der Waals surface area contributed by atoms with Crippen LogP contribution in [0.4, 0.5) is 5.69 Å². The second-order valence-electron chi connectivity index (χ2n) is 4.37. The fourth-order valence-electron chi connectivity index (χ4n) is 1.80. The molecule has 2 rings (SSSR count). The van der Waals surface area contributed by atoms with Gasteiger partial charge in [0, 0.05) is 11.8 Å². The van der Waals surface area contributed by atoms with Gasteiger partial charge in [-0.15, -0.1) is 0 Å². The Bertz CT molecular complexity index is 718. The van der Waals surface area contributed by atoms with Crippen molar-refractivity contribution >= 4 is 35.2 Å². The number of benzene rings is 1. The molecule has 21 heavy (non-hydrogen) atoms. The van der Waals surface area contributed by atoms with Gasteiger partial charge < -0.3 is 14.8 Å². The molecule has 0 aliphatic rings. The maximum atomic E-state index is 12.0. The zero-order valence-corrected chi connectivity index (χ0v) is 11.8. The maximum Gasteiger partial charge on any atom is 0.328 e. The molecule has 6 heteroatoms. The van der Waals surface area contributed by atoms with Gasteiger partial charge in [-0.25, -0.2) is 4.79 Å². The van der Waals surface area contributed by atoms with E-state index in [1.54, 1.807) is 18.2 Å². The molecule has 108 valence electrons. The van der Waals surface area contributed by atoms with Crippen molar-refractivity contribution in [3.8, 4) is 0 Å². The number of amides is 1. The van der Waals surface area contributed by atoms with Gasteiger partial charge in [-0.05, 0) is 53.9 Å². The summed E-state index contributed by atoms with van der Waals surface area (Å²) < 4.78 is 4.86. The first-order valence-corrected chi connectivity index (χ1v) is 6.40. The van der Waals surface area contributed by atoms with E-state index in [1.807, 2.05) is 6.92 Å². The number of aliphatic carboxylic acids is 1. The number of furan rings is 1. The van der Waals surface area contributed by atoms with Crippen LogP contribution >= 0.6 is 11.6 Å². The SMILES string of the molecule is Cc1cc(/C=C/C(=O)O)cc(NC(=O)c2ccoc2Cl)c1. The number of carboxylic acid groups (broad SMARTS) is 1. The lowest BCUT2D eigenvalue weighted by Gasteiger charge is -2.07. The molecule has 1 aromatic carbocycles. The minimum Gasteiger partial charge on any atom is -0.478 e. The van der Waals surface area contributed by atoms with Crippen LogP contribution in [0.15, 0.2) is 41.0 Å². The lowest BCUT2D eigenvalue weighted by atomic mass is 10.1. The first-order chi connectivity index (χ1) is 9.95. The summed E-state index contributed by atoms with van der Waals surface area (Å²) in [6, 6.07) is 6.71. The largest absolute Gasteiger partial charge is 0.478 e. The third-order valence-corrected chi connectivity index (χ3v) is 2.93. The van der Waals surface area contributed by atoms with E-state index in [0.29, 0.717) is 11.3 Å². The van der Waals surface area contributed by atoms with Crippen molar-refractivity contribution in [2.45, 2.75) is 6.92 Å². The number of nitrogens with one attached hydrogen (secondary N) is 1. The van der Waals surface area contributed by atoms with Crippen LogP contribution in [0.25, 0.3) is 6.08 Å². The second kappa shape index (κ2) is 6.28. The van der Waals surface area contributed by atoms with Crippen LogP contribution in [-0.2, 0) is 4.79 Å². The highest BCUT2D eigenvalue weighted by molar-refractivity contribution is 6.32. The van der Waals surface area contributed by atoms with Gasteiger partial charge in [-0.3, -0.25) is 4.79 Å². The molecule has 2 aromatic rings. The van der Waals surface area contributed by atoms with Gasteiger partial charge in [-0.2, -0.15) is 0 Å². The number of hydrogen-bond donors (Lipinski definition) is 2. The first-order valence-electron chi connectivity index (χ1n) is 6.03. The summed E-state index contributed by atoms with van der Waals surface area (Å²) in [5.74, 6) is -1.43. The van der Waals surface area contributed by atoms with Crippen molar-refractivity contribution in [2.75, 3.05) is 5.32 Å². The molecular formula is C15H12ClNO4. The monoisotopic (exact) mass is 305 g/mol. The van der Waals surface area contributed by atoms with Crippen molar-refractivity contribution < 1.29 is 19.1 Å². The van der Waals surface area contributed by atoms with Crippen LogP contribution in [0, 0.1) is 6.92 Å². The number of anilines is 1. The van der Waals surface area contributed by atoms with Crippen LogP contribution in [0.1, 0.15) is 21.5 Å². The van der Waals surface area contributed by atoms with Crippen molar-refractivity contribution in [2.24, 2.45) is 0 Å². The van der Waals surface area contributed by atoms with Crippen LogP contribution in [0.5, 0.6) is 0 Å². The predicted octanol–water partition coefficient (Wildman–Crippen LogP) is 3.59.